The zero-order valence-corrected chi connectivity index (χ0v) is 11.7. The summed E-state index contributed by atoms with van der Waals surface area (Å²) in [6, 6.07) is 4.58. The zero-order valence-electron chi connectivity index (χ0n) is 11.7. The van der Waals surface area contributed by atoms with E-state index in [0.29, 0.717) is 6.04 Å². The zero-order chi connectivity index (χ0) is 12.8. The molecule has 2 rings (SSSR count). The number of nitrogens with zero attached hydrogens (tertiary/aromatic N) is 1. The molecule has 1 aromatic heterocycles. The summed E-state index contributed by atoms with van der Waals surface area (Å²) in [7, 11) is 0. The Kier molecular flexibility index (Phi) is 5.26. The molecule has 1 fully saturated rings. The lowest BCUT2D eigenvalue weighted by Crippen LogP contribution is -2.40. The van der Waals surface area contributed by atoms with Gasteiger partial charge in [-0.3, -0.25) is 4.90 Å². The molecule has 2 unspecified atom stereocenters. The Hall–Kier alpha value is -0.800. The van der Waals surface area contributed by atoms with Crippen molar-refractivity contribution in [2.24, 2.45) is 5.92 Å². The van der Waals surface area contributed by atoms with Crippen molar-refractivity contribution in [3.8, 4) is 0 Å². The van der Waals surface area contributed by atoms with E-state index in [4.69, 9.17) is 4.42 Å². The fraction of sp³-hybridized carbons (Fsp3) is 0.733. The molecule has 18 heavy (non-hydrogen) atoms. The maximum absolute atomic E-state index is 5.32. The highest BCUT2D eigenvalue weighted by Crippen LogP contribution is 2.17. The van der Waals surface area contributed by atoms with Crippen LogP contribution in [0.3, 0.4) is 0 Å². The van der Waals surface area contributed by atoms with Gasteiger partial charge in [-0.1, -0.05) is 6.92 Å². The van der Waals surface area contributed by atoms with Crippen LogP contribution in [0.15, 0.2) is 22.8 Å². The van der Waals surface area contributed by atoms with E-state index in [1.165, 1.54) is 32.4 Å². The summed E-state index contributed by atoms with van der Waals surface area (Å²) in [6.45, 7) is 9.09. The molecule has 0 aromatic carbocycles. The van der Waals surface area contributed by atoms with Crippen molar-refractivity contribution in [1.82, 2.24) is 10.2 Å². The number of hydrogen-bond acceptors (Lipinski definition) is 3. The topological polar surface area (TPSA) is 28.4 Å². The van der Waals surface area contributed by atoms with Crippen molar-refractivity contribution < 1.29 is 4.42 Å². The van der Waals surface area contributed by atoms with Gasteiger partial charge in [-0.25, -0.2) is 0 Å². The monoisotopic (exact) mass is 250 g/mol. The fourth-order valence-corrected chi connectivity index (χ4v) is 2.67. The second-order valence-electron chi connectivity index (χ2n) is 5.63. The maximum Gasteiger partial charge on any atom is 0.117 e. The molecule has 0 saturated carbocycles. The first-order valence-corrected chi connectivity index (χ1v) is 7.23. The highest BCUT2D eigenvalue weighted by molar-refractivity contribution is 4.97. The highest BCUT2D eigenvalue weighted by Gasteiger charge is 2.18. The lowest BCUT2D eigenvalue weighted by atomic mass is 10.0. The maximum atomic E-state index is 5.32. The van der Waals surface area contributed by atoms with Gasteiger partial charge >= 0.3 is 0 Å². The van der Waals surface area contributed by atoms with Gasteiger partial charge in [-0.2, -0.15) is 0 Å². The molecule has 0 amide bonds. The van der Waals surface area contributed by atoms with E-state index < -0.39 is 0 Å². The van der Waals surface area contributed by atoms with Crippen LogP contribution in [0.4, 0.5) is 0 Å². The molecule has 102 valence electrons. The lowest BCUT2D eigenvalue weighted by molar-refractivity contribution is 0.209. The minimum absolute atomic E-state index is 0.616. The van der Waals surface area contributed by atoms with Crippen molar-refractivity contribution in [3.05, 3.63) is 24.2 Å². The van der Waals surface area contributed by atoms with Crippen molar-refractivity contribution >= 4 is 0 Å². The molecule has 1 N–H and O–H groups in total. The normalized spacial score (nSPS) is 23.8. The fourth-order valence-electron chi connectivity index (χ4n) is 2.67. The molecular weight excluding hydrogens is 224 g/mol. The summed E-state index contributed by atoms with van der Waals surface area (Å²) in [6.07, 6.45) is 5.83. The van der Waals surface area contributed by atoms with Gasteiger partial charge < -0.3 is 9.73 Å². The first-order valence-electron chi connectivity index (χ1n) is 7.23. The standard InChI is InChI=1S/C15H26N2O/c1-13-5-3-8-17(9-7-13)14(2)11-16-12-15-6-4-10-18-15/h4,6,10,13-14,16H,3,5,7-9,11-12H2,1-2H3. The van der Waals surface area contributed by atoms with Crippen molar-refractivity contribution in [3.63, 3.8) is 0 Å². The van der Waals surface area contributed by atoms with Crippen LogP contribution < -0.4 is 5.32 Å². The molecule has 2 atom stereocenters. The van der Waals surface area contributed by atoms with Gasteiger partial charge in [0.15, 0.2) is 0 Å². The Morgan fingerprint density at radius 2 is 2.33 bits per heavy atom. The minimum Gasteiger partial charge on any atom is -0.468 e. The van der Waals surface area contributed by atoms with Gasteiger partial charge in [0.25, 0.3) is 0 Å². The third-order valence-corrected chi connectivity index (χ3v) is 3.99. The van der Waals surface area contributed by atoms with Crippen LogP contribution >= 0.6 is 0 Å². The Bertz CT molecular complexity index is 323. The molecule has 0 spiro atoms. The van der Waals surface area contributed by atoms with E-state index in [2.05, 4.69) is 24.1 Å². The minimum atomic E-state index is 0.616. The second-order valence-corrected chi connectivity index (χ2v) is 5.63. The summed E-state index contributed by atoms with van der Waals surface area (Å²) in [5.74, 6) is 1.92. The van der Waals surface area contributed by atoms with E-state index in [0.717, 1.165) is 24.8 Å². The van der Waals surface area contributed by atoms with Gasteiger partial charge in [0.2, 0.25) is 0 Å². The van der Waals surface area contributed by atoms with Crippen LogP contribution in [0.1, 0.15) is 38.9 Å². The quantitative estimate of drug-likeness (QED) is 0.871. The lowest BCUT2D eigenvalue weighted by Gasteiger charge is -2.27. The van der Waals surface area contributed by atoms with Crippen molar-refractivity contribution in [1.29, 1.82) is 0 Å². The molecule has 1 aliphatic heterocycles. The molecule has 0 aliphatic carbocycles. The number of nitrogens with one attached hydrogen (secondary N) is 1. The Morgan fingerprint density at radius 3 is 3.11 bits per heavy atom. The number of hydrogen-bond donors (Lipinski definition) is 1. The molecule has 1 aromatic rings. The smallest absolute Gasteiger partial charge is 0.117 e. The summed E-state index contributed by atoms with van der Waals surface area (Å²) in [4.78, 5) is 2.62. The highest BCUT2D eigenvalue weighted by atomic mass is 16.3. The first kappa shape index (κ1) is 13.6. The molecular formula is C15H26N2O. The van der Waals surface area contributed by atoms with E-state index in [1.54, 1.807) is 6.26 Å². The van der Waals surface area contributed by atoms with Gasteiger partial charge in [0.05, 0.1) is 12.8 Å². The predicted octanol–water partition coefficient (Wildman–Crippen LogP) is 2.88. The first-order chi connectivity index (χ1) is 8.75. The second kappa shape index (κ2) is 6.95. The van der Waals surface area contributed by atoms with Gasteiger partial charge in [-0.05, 0) is 57.3 Å². The van der Waals surface area contributed by atoms with E-state index >= 15 is 0 Å². The third kappa shape index (κ3) is 4.14. The SMILES string of the molecule is CC1CCCN(C(C)CNCc2ccco2)CC1. The van der Waals surface area contributed by atoms with Crippen LogP contribution in [0.5, 0.6) is 0 Å². The van der Waals surface area contributed by atoms with Crippen LogP contribution in [0.25, 0.3) is 0 Å². The van der Waals surface area contributed by atoms with Crippen LogP contribution in [-0.2, 0) is 6.54 Å². The molecule has 1 saturated heterocycles. The molecule has 2 heterocycles. The Labute approximate surface area is 111 Å². The largest absolute Gasteiger partial charge is 0.468 e. The molecule has 0 radical (unpaired) electrons. The Balaban J connectivity index is 1.68. The van der Waals surface area contributed by atoms with E-state index in [-0.39, 0.29) is 0 Å². The van der Waals surface area contributed by atoms with E-state index in [1.807, 2.05) is 12.1 Å². The van der Waals surface area contributed by atoms with Crippen molar-refractivity contribution in [2.75, 3.05) is 19.6 Å². The third-order valence-electron chi connectivity index (χ3n) is 3.99. The summed E-state index contributed by atoms with van der Waals surface area (Å²) >= 11 is 0. The number of likely N-dealkylation sites (tertiary alicyclic amines) is 1. The van der Waals surface area contributed by atoms with Gasteiger partial charge in [-0.15, -0.1) is 0 Å². The summed E-state index contributed by atoms with van der Waals surface area (Å²) < 4.78 is 5.32. The average Bonchev–Trinajstić information content (AvgIpc) is 2.77. The molecule has 3 heteroatoms. The van der Waals surface area contributed by atoms with E-state index in [9.17, 15) is 0 Å². The predicted molar refractivity (Wildman–Crippen MR) is 74.5 cm³/mol. The van der Waals surface area contributed by atoms with Crippen LogP contribution in [0.2, 0.25) is 0 Å². The van der Waals surface area contributed by atoms with Crippen LogP contribution in [-0.4, -0.2) is 30.6 Å². The Morgan fingerprint density at radius 1 is 1.44 bits per heavy atom. The van der Waals surface area contributed by atoms with Gasteiger partial charge in [0.1, 0.15) is 5.76 Å². The summed E-state index contributed by atoms with van der Waals surface area (Å²) in [5.41, 5.74) is 0. The number of furan rings is 1. The molecule has 3 nitrogen and oxygen atoms in total. The molecule has 1 aliphatic rings. The van der Waals surface area contributed by atoms with Crippen molar-refractivity contribution in [2.45, 2.75) is 45.7 Å². The molecule has 0 bridgehead atoms. The summed E-state index contributed by atoms with van der Waals surface area (Å²) in [5, 5.41) is 3.48. The average molecular weight is 250 g/mol. The van der Waals surface area contributed by atoms with Gasteiger partial charge in [0, 0.05) is 12.6 Å². The number of rotatable bonds is 5. The van der Waals surface area contributed by atoms with Crippen LogP contribution in [0, 0.1) is 5.92 Å².